The summed E-state index contributed by atoms with van der Waals surface area (Å²) in [5.74, 6) is 1.32. The van der Waals surface area contributed by atoms with Crippen LogP contribution < -0.4 is 20.7 Å². The number of carbonyl (C=O) groups is 1. The summed E-state index contributed by atoms with van der Waals surface area (Å²) >= 11 is 0. The van der Waals surface area contributed by atoms with E-state index in [-0.39, 0.29) is 18.6 Å². The van der Waals surface area contributed by atoms with Gasteiger partial charge in [0.15, 0.2) is 5.96 Å². The van der Waals surface area contributed by atoms with E-state index in [0.717, 1.165) is 35.5 Å². The van der Waals surface area contributed by atoms with Gasteiger partial charge in [-0.2, -0.15) is 0 Å². The number of aliphatic hydroxyl groups excluding tert-OH is 1. The van der Waals surface area contributed by atoms with Crippen LogP contribution in [0, 0.1) is 0 Å². The second-order valence-electron chi connectivity index (χ2n) is 7.53. The fourth-order valence-corrected chi connectivity index (χ4v) is 2.98. The number of amides is 1. The zero-order valence-electron chi connectivity index (χ0n) is 18.8. The molecule has 2 aromatic rings. The van der Waals surface area contributed by atoms with E-state index >= 15 is 0 Å². The molecule has 2 rings (SSSR count). The highest BCUT2D eigenvalue weighted by Gasteiger charge is 2.09. The maximum absolute atomic E-state index is 11.1. The van der Waals surface area contributed by atoms with Gasteiger partial charge in [0.1, 0.15) is 5.75 Å². The Balaban J connectivity index is 1.89. The molecule has 0 heterocycles. The second-order valence-corrected chi connectivity index (χ2v) is 7.53. The van der Waals surface area contributed by atoms with Crippen LogP contribution in [0.5, 0.6) is 5.75 Å². The van der Waals surface area contributed by atoms with Crippen LogP contribution in [0.2, 0.25) is 0 Å². The number of aliphatic imine (C=N–C) groups is 1. The normalized spacial score (nSPS) is 12.4. The monoisotopic (exact) mass is 426 g/mol. The SMILES string of the molecule is CCNC(=NCC(O)c1cccc(OC(C)C)c1)NCCc1ccc(NC(C)=O)cc1. The number of ether oxygens (including phenoxy) is 1. The van der Waals surface area contributed by atoms with E-state index in [2.05, 4.69) is 20.9 Å². The quantitative estimate of drug-likeness (QED) is 0.346. The molecule has 7 nitrogen and oxygen atoms in total. The molecule has 4 N–H and O–H groups in total. The molecule has 0 radical (unpaired) electrons. The van der Waals surface area contributed by atoms with Crippen molar-refractivity contribution in [1.29, 1.82) is 0 Å². The van der Waals surface area contributed by atoms with E-state index in [0.29, 0.717) is 12.5 Å². The first-order valence-corrected chi connectivity index (χ1v) is 10.7. The molecule has 31 heavy (non-hydrogen) atoms. The van der Waals surface area contributed by atoms with Crippen molar-refractivity contribution in [1.82, 2.24) is 10.6 Å². The smallest absolute Gasteiger partial charge is 0.221 e. The first-order valence-electron chi connectivity index (χ1n) is 10.7. The second kappa shape index (κ2) is 12.6. The number of nitrogens with one attached hydrogen (secondary N) is 3. The molecule has 0 spiro atoms. The molecule has 168 valence electrons. The van der Waals surface area contributed by atoms with Crippen LogP contribution in [0.1, 0.15) is 44.9 Å². The number of rotatable bonds is 10. The third kappa shape index (κ3) is 9.09. The van der Waals surface area contributed by atoms with Gasteiger partial charge >= 0.3 is 0 Å². The number of benzene rings is 2. The van der Waals surface area contributed by atoms with Crippen LogP contribution in [-0.2, 0) is 11.2 Å². The molecule has 1 atom stereocenters. The molecule has 7 heteroatoms. The van der Waals surface area contributed by atoms with E-state index in [4.69, 9.17) is 4.74 Å². The minimum absolute atomic E-state index is 0.0802. The summed E-state index contributed by atoms with van der Waals surface area (Å²) in [7, 11) is 0. The number of hydrogen-bond donors (Lipinski definition) is 4. The molecule has 0 aliphatic rings. The lowest BCUT2D eigenvalue weighted by atomic mass is 10.1. The summed E-state index contributed by atoms with van der Waals surface area (Å²) in [6, 6.07) is 15.3. The lowest BCUT2D eigenvalue weighted by molar-refractivity contribution is -0.114. The molecule has 0 saturated carbocycles. The lowest BCUT2D eigenvalue weighted by Gasteiger charge is -2.15. The lowest BCUT2D eigenvalue weighted by Crippen LogP contribution is -2.38. The van der Waals surface area contributed by atoms with E-state index in [9.17, 15) is 9.90 Å². The van der Waals surface area contributed by atoms with E-state index in [1.54, 1.807) is 0 Å². The van der Waals surface area contributed by atoms with Crippen molar-refractivity contribution in [2.24, 2.45) is 4.99 Å². The van der Waals surface area contributed by atoms with Crippen molar-refractivity contribution in [3.63, 3.8) is 0 Å². The maximum Gasteiger partial charge on any atom is 0.221 e. The third-order valence-corrected chi connectivity index (χ3v) is 4.36. The Bertz CT molecular complexity index is 850. The van der Waals surface area contributed by atoms with Gasteiger partial charge in [-0.05, 0) is 62.6 Å². The van der Waals surface area contributed by atoms with Crippen molar-refractivity contribution < 1.29 is 14.6 Å². The van der Waals surface area contributed by atoms with Gasteiger partial charge < -0.3 is 25.8 Å². The van der Waals surface area contributed by atoms with Gasteiger partial charge in [-0.25, -0.2) is 0 Å². The standard InChI is InChI=1S/C24H34N4O3/c1-5-25-24(26-14-13-19-9-11-21(12-10-19)28-18(4)29)27-16-23(30)20-7-6-8-22(15-20)31-17(2)3/h6-12,15,17,23,30H,5,13-14,16H2,1-4H3,(H,28,29)(H2,25,26,27). The average Bonchev–Trinajstić information content (AvgIpc) is 2.72. The van der Waals surface area contributed by atoms with Crippen LogP contribution >= 0.6 is 0 Å². The fourth-order valence-electron chi connectivity index (χ4n) is 2.98. The average molecular weight is 427 g/mol. The van der Waals surface area contributed by atoms with Crippen molar-refractivity contribution >= 4 is 17.6 Å². The van der Waals surface area contributed by atoms with E-state index < -0.39 is 6.10 Å². The fraction of sp³-hybridized carbons (Fsp3) is 0.417. The molecule has 0 aliphatic heterocycles. The summed E-state index contributed by atoms with van der Waals surface area (Å²) in [4.78, 5) is 15.6. The molecule has 1 amide bonds. The Kier molecular flexibility index (Phi) is 9.84. The first-order chi connectivity index (χ1) is 14.9. The minimum atomic E-state index is -0.715. The van der Waals surface area contributed by atoms with Gasteiger partial charge in [0, 0.05) is 25.7 Å². The minimum Gasteiger partial charge on any atom is -0.491 e. The molecule has 2 aromatic carbocycles. The number of anilines is 1. The van der Waals surface area contributed by atoms with Crippen LogP contribution in [0.15, 0.2) is 53.5 Å². The van der Waals surface area contributed by atoms with Crippen LogP contribution in [0.25, 0.3) is 0 Å². The van der Waals surface area contributed by atoms with Crippen molar-refractivity contribution in [3.05, 3.63) is 59.7 Å². The third-order valence-electron chi connectivity index (χ3n) is 4.36. The highest BCUT2D eigenvalue weighted by atomic mass is 16.5. The van der Waals surface area contributed by atoms with Gasteiger partial charge in [-0.15, -0.1) is 0 Å². The number of nitrogens with zero attached hydrogens (tertiary/aromatic N) is 1. The summed E-state index contributed by atoms with van der Waals surface area (Å²) in [5.41, 5.74) is 2.72. The summed E-state index contributed by atoms with van der Waals surface area (Å²) in [6.07, 6.45) is 0.172. The molecule has 0 fully saturated rings. The van der Waals surface area contributed by atoms with Gasteiger partial charge in [-0.1, -0.05) is 24.3 Å². The van der Waals surface area contributed by atoms with Crippen molar-refractivity contribution in [2.75, 3.05) is 25.0 Å². The zero-order chi connectivity index (χ0) is 22.6. The largest absolute Gasteiger partial charge is 0.491 e. The summed E-state index contributed by atoms with van der Waals surface area (Å²) in [6.45, 7) is 9.10. The first kappa shape index (κ1) is 24.2. The molecule has 0 bridgehead atoms. The molecule has 1 unspecified atom stereocenters. The number of carbonyl (C=O) groups excluding carboxylic acids is 1. The van der Waals surface area contributed by atoms with Crippen LogP contribution in [0.4, 0.5) is 5.69 Å². The topological polar surface area (TPSA) is 95.0 Å². The summed E-state index contributed by atoms with van der Waals surface area (Å²) < 4.78 is 5.70. The van der Waals surface area contributed by atoms with Crippen molar-refractivity contribution in [3.8, 4) is 5.75 Å². The molecular weight excluding hydrogens is 392 g/mol. The Labute approximate surface area is 184 Å². The number of hydrogen-bond acceptors (Lipinski definition) is 4. The van der Waals surface area contributed by atoms with Gasteiger partial charge in [-0.3, -0.25) is 9.79 Å². The highest BCUT2D eigenvalue weighted by molar-refractivity contribution is 5.88. The Hall–Kier alpha value is -3.06. The predicted octanol–water partition coefficient (Wildman–Crippen LogP) is 3.26. The Morgan fingerprint density at radius 2 is 1.87 bits per heavy atom. The van der Waals surface area contributed by atoms with Crippen molar-refractivity contribution in [2.45, 2.75) is 46.3 Å². The van der Waals surface area contributed by atoms with Gasteiger partial charge in [0.05, 0.1) is 18.8 Å². The van der Waals surface area contributed by atoms with Gasteiger partial charge in [0.25, 0.3) is 0 Å². The highest BCUT2D eigenvalue weighted by Crippen LogP contribution is 2.20. The van der Waals surface area contributed by atoms with E-state index in [1.807, 2.05) is 69.3 Å². The zero-order valence-corrected chi connectivity index (χ0v) is 18.8. The predicted molar refractivity (Wildman–Crippen MR) is 126 cm³/mol. The molecule has 0 aliphatic carbocycles. The van der Waals surface area contributed by atoms with Crippen LogP contribution in [-0.4, -0.2) is 42.7 Å². The molecule has 0 saturated heterocycles. The Morgan fingerprint density at radius 3 is 2.52 bits per heavy atom. The Morgan fingerprint density at radius 1 is 1.13 bits per heavy atom. The number of aliphatic hydroxyl groups is 1. The molecule has 0 aromatic heterocycles. The van der Waals surface area contributed by atoms with E-state index in [1.165, 1.54) is 6.92 Å². The summed E-state index contributed by atoms with van der Waals surface area (Å²) in [5, 5.41) is 19.8. The van der Waals surface area contributed by atoms with Crippen LogP contribution in [0.3, 0.4) is 0 Å². The van der Waals surface area contributed by atoms with Gasteiger partial charge in [0.2, 0.25) is 5.91 Å². The molecular formula is C24H34N4O3. The maximum atomic E-state index is 11.1. The number of guanidine groups is 1.